The number of hydrogen-bond acceptors (Lipinski definition) is 0. The molecular formula is C22H16Cl2Zr. The molecule has 25 heavy (non-hydrogen) atoms. The van der Waals surface area contributed by atoms with Crippen LogP contribution in [0.15, 0.2) is 82.2 Å². The van der Waals surface area contributed by atoms with Crippen LogP contribution in [0.3, 0.4) is 0 Å². The van der Waals surface area contributed by atoms with E-state index in [1.54, 1.807) is 14.4 Å². The number of hydrogen-bond donors (Lipinski definition) is 0. The molecule has 5 rings (SSSR count). The molecule has 0 N–H and O–H groups in total. The first-order valence-electron chi connectivity index (χ1n) is 8.15. The van der Waals surface area contributed by atoms with Gasteiger partial charge in [-0.05, 0) is 0 Å². The molecule has 0 aromatic heterocycles. The van der Waals surface area contributed by atoms with E-state index in [9.17, 15) is 0 Å². The summed E-state index contributed by atoms with van der Waals surface area (Å²) >= 11 is -0.673. The van der Waals surface area contributed by atoms with Crippen molar-refractivity contribution in [3.8, 4) is 11.1 Å². The first-order chi connectivity index (χ1) is 11.4. The zero-order chi connectivity index (χ0) is 15.2. The molecule has 3 heteroatoms. The van der Waals surface area contributed by atoms with Gasteiger partial charge in [0.15, 0.2) is 0 Å². The number of benzene rings is 3. The average Bonchev–Trinajstić information content (AvgIpc) is 3.22. The maximum Gasteiger partial charge on any atom is -1.00 e. The second-order valence-corrected chi connectivity index (χ2v) is 9.94. The summed E-state index contributed by atoms with van der Waals surface area (Å²) in [5, 5.41) is 2.83. The fourth-order valence-corrected chi connectivity index (χ4v) is 7.96. The molecule has 2 aliphatic carbocycles. The second kappa shape index (κ2) is 7.62. The Hall–Kier alpha value is -1.14. The molecule has 2 aliphatic rings. The number of fused-ring (bicyclic) bond motifs is 5. The van der Waals surface area contributed by atoms with Crippen molar-refractivity contribution < 1.29 is 48.0 Å². The minimum atomic E-state index is -0.673. The topological polar surface area (TPSA) is 0 Å². The van der Waals surface area contributed by atoms with Crippen molar-refractivity contribution in [2.75, 3.05) is 0 Å². The SMILES string of the molecule is C1=CC[C]([Zr+2][CH]2c3ccccc3-c3ccc4ccccc4c32)=C1.[Cl-].[Cl-]. The maximum absolute atomic E-state index is 2.37. The van der Waals surface area contributed by atoms with E-state index < -0.39 is 23.2 Å². The van der Waals surface area contributed by atoms with E-state index in [2.05, 4.69) is 78.9 Å². The standard InChI is InChI=1S/C17H11.C5H5.2ClH.Zr/c1-3-7-14-12(5-1)9-10-16-15-8-4-2-6-13(15)11-17(14)16;1-2-4-5-3-1;;;/h1-11H;1-3H,4H2;2*1H;/q;;;;+2/p-2. The number of halogens is 2. The van der Waals surface area contributed by atoms with E-state index in [0.29, 0.717) is 3.63 Å². The van der Waals surface area contributed by atoms with Gasteiger partial charge in [0.05, 0.1) is 0 Å². The summed E-state index contributed by atoms with van der Waals surface area (Å²) in [7, 11) is 0. The molecule has 0 aliphatic heterocycles. The van der Waals surface area contributed by atoms with Crippen LogP contribution in [-0.4, -0.2) is 0 Å². The van der Waals surface area contributed by atoms with Crippen LogP contribution in [-0.2, 0) is 23.2 Å². The molecule has 0 amide bonds. The molecule has 3 aromatic carbocycles. The third-order valence-electron chi connectivity index (χ3n) is 4.92. The zero-order valence-electron chi connectivity index (χ0n) is 13.5. The Morgan fingerprint density at radius 1 is 0.800 bits per heavy atom. The molecule has 0 spiro atoms. The monoisotopic (exact) mass is 440 g/mol. The predicted octanol–water partition coefficient (Wildman–Crippen LogP) is -0.156. The molecule has 3 aromatic rings. The first kappa shape index (κ1) is 18.6. The van der Waals surface area contributed by atoms with E-state index >= 15 is 0 Å². The summed E-state index contributed by atoms with van der Waals surface area (Å²) in [6.07, 6.45) is 8.10. The molecule has 0 saturated heterocycles. The zero-order valence-corrected chi connectivity index (χ0v) is 17.5. The van der Waals surface area contributed by atoms with Crippen LogP contribution in [0, 0.1) is 0 Å². The quantitative estimate of drug-likeness (QED) is 0.518. The molecular weight excluding hydrogens is 426 g/mol. The van der Waals surface area contributed by atoms with E-state index in [-0.39, 0.29) is 24.8 Å². The van der Waals surface area contributed by atoms with Crippen molar-refractivity contribution in [1.82, 2.24) is 0 Å². The fraction of sp³-hybridized carbons (Fsp3) is 0.0909. The van der Waals surface area contributed by atoms with Gasteiger partial charge in [-0.3, -0.25) is 0 Å². The third kappa shape index (κ3) is 3.08. The smallest absolute Gasteiger partial charge is 1.00 e. The van der Waals surface area contributed by atoms with Crippen LogP contribution in [0.1, 0.15) is 21.2 Å². The Kier molecular flexibility index (Phi) is 5.69. The van der Waals surface area contributed by atoms with Crippen LogP contribution in [0.4, 0.5) is 0 Å². The van der Waals surface area contributed by atoms with Crippen molar-refractivity contribution >= 4 is 10.8 Å². The van der Waals surface area contributed by atoms with Gasteiger partial charge in [0.2, 0.25) is 0 Å². The van der Waals surface area contributed by atoms with Gasteiger partial charge in [0.1, 0.15) is 0 Å². The van der Waals surface area contributed by atoms with Crippen molar-refractivity contribution in [2.24, 2.45) is 0 Å². The average molecular weight is 443 g/mol. The molecule has 0 bridgehead atoms. The molecule has 0 heterocycles. The van der Waals surface area contributed by atoms with Crippen LogP contribution in [0.2, 0.25) is 0 Å². The van der Waals surface area contributed by atoms with E-state index in [0.717, 1.165) is 0 Å². The summed E-state index contributed by atoms with van der Waals surface area (Å²) < 4.78 is 2.37. The second-order valence-electron chi connectivity index (χ2n) is 6.24. The Labute approximate surface area is 172 Å². The van der Waals surface area contributed by atoms with Gasteiger partial charge < -0.3 is 24.8 Å². The molecule has 0 fully saturated rings. The third-order valence-corrected chi connectivity index (χ3v) is 8.93. The maximum atomic E-state index is 2.37. The minimum Gasteiger partial charge on any atom is -1.00 e. The Morgan fingerprint density at radius 2 is 1.60 bits per heavy atom. The Bertz CT molecular complexity index is 988. The molecule has 1 atom stereocenters. The normalized spacial score (nSPS) is 16.3. The molecule has 122 valence electrons. The van der Waals surface area contributed by atoms with E-state index in [4.69, 9.17) is 0 Å². The van der Waals surface area contributed by atoms with Gasteiger partial charge in [0, 0.05) is 0 Å². The van der Waals surface area contributed by atoms with Crippen molar-refractivity contribution in [3.05, 3.63) is 93.3 Å². The van der Waals surface area contributed by atoms with Gasteiger partial charge in [-0.1, -0.05) is 0 Å². The Balaban J connectivity index is 0.000000911. The van der Waals surface area contributed by atoms with Crippen LogP contribution < -0.4 is 24.8 Å². The van der Waals surface area contributed by atoms with Gasteiger partial charge in [-0.2, -0.15) is 0 Å². The van der Waals surface area contributed by atoms with Crippen molar-refractivity contribution in [1.29, 1.82) is 0 Å². The van der Waals surface area contributed by atoms with Gasteiger partial charge >= 0.3 is 148 Å². The van der Waals surface area contributed by atoms with Crippen LogP contribution >= 0.6 is 0 Å². The summed E-state index contributed by atoms with van der Waals surface area (Å²) in [4.78, 5) is 0. The fourth-order valence-electron chi connectivity index (χ4n) is 3.88. The summed E-state index contributed by atoms with van der Waals surface area (Å²) in [5.41, 5.74) is 6.10. The number of allylic oxidation sites excluding steroid dienone is 4. The van der Waals surface area contributed by atoms with Gasteiger partial charge in [-0.25, -0.2) is 0 Å². The largest absolute Gasteiger partial charge is 1.00 e. The van der Waals surface area contributed by atoms with Gasteiger partial charge in [-0.15, -0.1) is 0 Å². The predicted molar refractivity (Wildman–Crippen MR) is 93.1 cm³/mol. The molecule has 0 radical (unpaired) electrons. The molecule has 1 unspecified atom stereocenters. The van der Waals surface area contributed by atoms with Gasteiger partial charge in [0.25, 0.3) is 0 Å². The summed E-state index contributed by atoms with van der Waals surface area (Å²) in [6, 6.07) is 22.6. The summed E-state index contributed by atoms with van der Waals surface area (Å²) in [6.45, 7) is 0. The Morgan fingerprint density at radius 3 is 2.44 bits per heavy atom. The van der Waals surface area contributed by atoms with Crippen molar-refractivity contribution in [2.45, 2.75) is 10.0 Å². The summed E-state index contributed by atoms with van der Waals surface area (Å²) in [5.74, 6) is 0. The molecule has 0 nitrogen and oxygen atoms in total. The molecule has 0 saturated carbocycles. The van der Waals surface area contributed by atoms with Crippen LogP contribution in [0.25, 0.3) is 21.9 Å². The van der Waals surface area contributed by atoms with Crippen LogP contribution in [0.5, 0.6) is 0 Å². The first-order valence-corrected chi connectivity index (χ1v) is 10.8. The number of rotatable bonds is 2. The van der Waals surface area contributed by atoms with E-state index in [1.165, 1.54) is 28.3 Å². The van der Waals surface area contributed by atoms with Crippen molar-refractivity contribution in [3.63, 3.8) is 0 Å². The van der Waals surface area contributed by atoms with E-state index in [1.807, 2.05) is 0 Å². The minimum absolute atomic E-state index is 0.